The molecule has 2 aromatic heterocycles. The molecule has 154 valence electrons. The Kier molecular flexibility index (Phi) is 4.12. The Labute approximate surface area is 171 Å². The second kappa shape index (κ2) is 6.72. The van der Waals surface area contributed by atoms with Crippen LogP contribution in [0.1, 0.15) is 16.8 Å². The lowest BCUT2D eigenvalue weighted by Crippen LogP contribution is -2.37. The Hall–Kier alpha value is -3.62. The van der Waals surface area contributed by atoms with E-state index >= 15 is 0 Å². The molecule has 9 nitrogen and oxygen atoms in total. The second-order valence-electron chi connectivity index (χ2n) is 7.78. The second-order valence-corrected chi connectivity index (χ2v) is 7.78. The molecule has 1 N–H and O–H groups in total. The Morgan fingerprint density at radius 2 is 1.93 bits per heavy atom. The number of anilines is 1. The summed E-state index contributed by atoms with van der Waals surface area (Å²) in [6.07, 6.45) is 2.93. The number of imidazole rings is 1. The van der Waals surface area contributed by atoms with E-state index in [0.717, 1.165) is 29.8 Å². The average molecular weight is 406 g/mol. The van der Waals surface area contributed by atoms with E-state index in [1.165, 1.54) is 11.6 Å². The number of nitrogens with zero attached hydrogens (tertiary/aromatic N) is 5. The normalized spacial score (nSPS) is 17.9. The van der Waals surface area contributed by atoms with Gasteiger partial charge in [0.1, 0.15) is 0 Å². The molecule has 1 atom stereocenters. The van der Waals surface area contributed by atoms with E-state index in [4.69, 9.17) is 0 Å². The number of carbonyl (C=O) groups is 1. The molecule has 0 bridgehead atoms. The third-order valence-corrected chi connectivity index (χ3v) is 6.01. The highest BCUT2D eigenvalue weighted by Gasteiger charge is 2.35. The number of ketones is 1. The number of hydrogen-bond donors (Lipinski definition) is 1. The Morgan fingerprint density at radius 1 is 1.17 bits per heavy atom. The van der Waals surface area contributed by atoms with E-state index in [0.29, 0.717) is 17.4 Å². The van der Waals surface area contributed by atoms with Gasteiger partial charge in [-0.3, -0.25) is 23.3 Å². The van der Waals surface area contributed by atoms with Crippen LogP contribution < -0.4 is 21.5 Å². The summed E-state index contributed by atoms with van der Waals surface area (Å²) in [5.41, 5.74) is 1.30. The minimum absolute atomic E-state index is 0.0365. The number of aryl methyl sites for hydroxylation is 1. The Morgan fingerprint density at radius 3 is 2.70 bits per heavy atom. The molecule has 9 heteroatoms. The van der Waals surface area contributed by atoms with Crippen molar-refractivity contribution in [2.24, 2.45) is 20.0 Å². The molecule has 2 aliphatic heterocycles. The fourth-order valence-electron chi connectivity index (χ4n) is 4.36. The minimum Gasteiger partial charge on any atom is -0.389 e. The SMILES string of the molecule is Cn1c(=O)c2c(nc(N3CCC4CNC=C43)n2CC(=O)c2ccccc2)n(C)c1=O. The highest BCUT2D eigenvalue weighted by molar-refractivity contribution is 5.97. The van der Waals surface area contributed by atoms with Crippen molar-refractivity contribution in [1.29, 1.82) is 0 Å². The Bertz CT molecular complexity index is 1310. The standard InChI is InChI=1S/C21H22N6O3/c1-24-18-17(19(29)25(2)21(24)30)27(12-16(28)13-6-4-3-5-7-13)20(23-18)26-9-8-14-10-22-11-15(14)26/h3-7,11,14,22H,8-10,12H2,1-2H3. The molecule has 1 fully saturated rings. The maximum atomic E-state index is 13.0. The van der Waals surface area contributed by atoms with Gasteiger partial charge in [0, 0.05) is 50.6 Å². The lowest BCUT2D eigenvalue weighted by atomic mass is 10.1. The van der Waals surface area contributed by atoms with Crippen LogP contribution in [0.4, 0.5) is 5.95 Å². The van der Waals surface area contributed by atoms with E-state index in [1.807, 2.05) is 29.3 Å². The molecule has 0 spiro atoms. The zero-order chi connectivity index (χ0) is 21.0. The number of carbonyl (C=O) groups excluding carboxylic acids is 1. The van der Waals surface area contributed by atoms with E-state index in [1.54, 1.807) is 23.7 Å². The lowest BCUT2D eigenvalue weighted by Gasteiger charge is -2.20. The first-order chi connectivity index (χ1) is 14.5. The number of benzene rings is 1. The summed E-state index contributed by atoms with van der Waals surface area (Å²) in [7, 11) is 3.03. The van der Waals surface area contributed by atoms with Gasteiger partial charge in [0.15, 0.2) is 16.9 Å². The Balaban J connectivity index is 1.73. The van der Waals surface area contributed by atoms with Gasteiger partial charge < -0.3 is 10.2 Å². The first kappa shape index (κ1) is 18.4. The van der Waals surface area contributed by atoms with Crippen molar-refractivity contribution in [1.82, 2.24) is 24.0 Å². The van der Waals surface area contributed by atoms with Crippen molar-refractivity contribution in [2.75, 3.05) is 18.0 Å². The fraction of sp³-hybridized carbons (Fsp3) is 0.333. The molecule has 1 saturated heterocycles. The molecule has 3 aromatic rings. The summed E-state index contributed by atoms with van der Waals surface area (Å²) < 4.78 is 4.08. The summed E-state index contributed by atoms with van der Waals surface area (Å²) in [5.74, 6) is 0.779. The van der Waals surface area contributed by atoms with Crippen LogP contribution in [0.3, 0.4) is 0 Å². The van der Waals surface area contributed by atoms with Crippen LogP contribution in [0.25, 0.3) is 11.2 Å². The van der Waals surface area contributed by atoms with Gasteiger partial charge in [0.25, 0.3) is 5.56 Å². The third-order valence-electron chi connectivity index (χ3n) is 6.01. The summed E-state index contributed by atoms with van der Waals surface area (Å²) in [4.78, 5) is 45.2. The van der Waals surface area contributed by atoms with Crippen LogP contribution in [0.5, 0.6) is 0 Å². The summed E-state index contributed by atoms with van der Waals surface area (Å²) in [6.45, 7) is 1.58. The smallest absolute Gasteiger partial charge is 0.332 e. The van der Waals surface area contributed by atoms with Gasteiger partial charge in [0.2, 0.25) is 5.95 Å². The van der Waals surface area contributed by atoms with E-state index in [-0.39, 0.29) is 23.5 Å². The van der Waals surface area contributed by atoms with Gasteiger partial charge in [-0.25, -0.2) is 4.79 Å². The molecule has 1 aromatic carbocycles. The van der Waals surface area contributed by atoms with Crippen LogP contribution in [0.15, 0.2) is 51.8 Å². The number of fused-ring (bicyclic) bond motifs is 2. The number of aromatic nitrogens is 4. The first-order valence-corrected chi connectivity index (χ1v) is 9.93. The predicted octanol–water partition coefficient (Wildman–Crippen LogP) is 0.587. The van der Waals surface area contributed by atoms with Crippen LogP contribution in [0, 0.1) is 5.92 Å². The molecule has 0 amide bonds. The van der Waals surface area contributed by atoms with Gasteiger partial charge in [-0.1, -0.05) is 30.3 Å². The van der Waals surface area contributed by atoms with Gasteiger partial charge >= 0.3 is 5.69 Å². The molecule has 1 unspecified atom stereocenters. The molecular formula is C21H22N6O3. The van der Waals surface area contributed by atoms with Crippen molar-refractivity contribution in [3.63, 3.8) is 0 Å². The summed E-state index contributed by atoms with van der Waals surface area (Å²) in [6, 6.07) is 8.98. The third kappa shape index (κ3) is 2.62. The van der Waals surface area contributed by atoms with E-state index in [2.05, 4.69) is 10.3 Å². The van der Waals surface area contributed by atoms with Gasteiger partial charge in [-0.2, -0.15) is 4.98 Å². The molecule has 5 rings (SSSR count). The van der Waals surface area contributed by atoms with Crippen molar-refractivity contribution >= 4 is 22.9 Å². The number of nitrogens with one attached hydrogen (secondary N) is 1. The largest absolute Gasteiger partial charge is 0.389 e. The van der Waals surface area contributed by atoms with Crippen LogP contribution in [-0.2, 0) is 20.6 Å². The topological polar surface area (TPSA) is 94.2 Å². The molecule has 2 aliphatic rings. The van der Waals surface area contributed by atoms with E-state index < -0.39 is 11.2 Å². The van der Waals surface area contributed by atoms with Gasteiger partial charge in [0.05, 0.1) is 6.54 Å². The number of rotatable bonds is 4. The summed E-state index contributed by atoms with van der Waals surface area (Å²) >= 11 is 0. The molecular weight excluding hydrogens is 384 g/mol. The zero-order valence-corrected chi connectivity index (χ0v) is 16.8. The van der Waals surface area contributed by atoms with Crippen molar-refractivity contribution in [3.05, 3.63) is 68.6 Å². The van der Waals surface area contributed by atoms with Crippen LogP contribution >= 0.6 is 0 Å². The molecule has 30 heavy (non-hydrogen) atoms. The zero-order valence-electron chi connectivity index (χ0n) is 16.8. The van der Waals surface area contributed by atoms with Gasteiger partial charge in [-0.15, -0.1) is 0 Å². The quantitative estimate of drug-likeness (QED) is 0.638. The first-order valence-electron chi connectivity index (χ1n) is 9.93. The lowest BCUT2D eigenvalue weighted by molar-refractivity contribution is 0.0973. The van der Waals surface area contributed by atoms with Crippen molar-refractivity contribution in [2.45, 2.75) is 13.0 Å². The van der Waals surface area contributed by atoms with Crippen molar-refractivity contribution < 1.29 is 4.79 Å². The highest BCUT2D eigenvalue weighted by Crippen LogP contribution is 2.35. The fourth-order valence-corrected chi connectivity index (χ4v) is 4.36. The minimum atomic E-state index is -0.456. The maximum absolute atomic E-state index is 13.0. The number of hydrogen-bond acceptors (Lipinski definition) is 6. The molecule has 0 saturated carbocycles. The molecule has 4 heterocycles. The number of Topliss-reactive ketones (excluding diaryl/α,β-unsaturated/α-hetero) is 1. The van der Waals surface area contributed by atoms with Crippen LogP contribution in [-0.4, -0.2) is 37.6 Å². The average Bonchev–Trinajstić information content (AvgIpc) is 3.46. The monoisotopic (exact) mass is 406 g/mol. The molecule has 0 aliphatic carbocycles. The molecule has 0 radical (unpaired) electrons. The predicted molar refractivity (Wildman–Crippen MR) is 113 cm³/mol. The van der Waals surface area contributed by atoms with E-state index in [9.17, 15) is 14.4 Å². The highest BCUT2D eigenvalue weighted by atomic mass is 16.2. The van der Waals surface area contributed by atoms with Gasteiger partial charge in [-0.05, 0) is 6.42 Å². The summed E-state index contributed by atoms with van der Waals surface area (Å²) in [5, 5.41) is 3.26. The van der Waals surface area contributed by atoms with Crippen molar-refractivity contribution in [3.8, 4) is 0 Å². The maximum Gasteiger partial charge on any atom is 0.332 e. The van der Waals surface area contributed by atoms with Crippen LogP contribution in [0.2, 0.25) is 0 Å².